The molecule has 1 aromatic rings. The van der Waals surface area contributed by atoms with Crippen LogP contribution >= 0.6 is 0 Å². The van der Waals surface area contributed by atoms with Gasteiger partial charge in [-0.25, -0.2) is 9.59 Å². The van der Waals surface area contributed by atoms with Crippen LogP contribution in [0.15, 0.2) is 48.6 Å². The van der Waals surface area contributed by atoms with Gasteiger partial charge in [0.1, 0.15) is 11.9 Å². The third-order valence-electron chi connectivity index (χ3n) is 2.86. The van der Waals surface area contributed by atoms with E-state index >= 15 is 0 Å². The second-order valence-corrected chi connectivity index (χ2v) is 5.32. The van der Waals surface area contributed by atoms with Gasteiger partial charge in [-0.05, 0) is 45.0 Å². The van der Waals surface area contributed by atoms with Gasteiger partial charge in [0.2, 0.25) is 0 Å². The number of benzene rings is 1. The first-order chi connectivity index (χ1) is 10.7. The van der Waals surface area contributed by atoms with Crippen molar-refractivity contribution in [3.8, 4) is 5.75 Å². The van der Waals surface area contributed by atoms with Gasteiger partial charge in [-0.2, -0.15) is 0 Å². The standard InChI is InChI=1S/C18H20O5/c1-11(2)17(20)22-13(5)10-16(19)14-6-8-15(9-7-14)23-18(21)12(3)4/h6-9,13H,1,3,10H2,2,4-5H3. The lowest BCUT2D eigenvalue weighted by Crippen LogP contribution is -2.19. The van der Waals surface area contributed by atoms with Gasteiger partial charge in [0.05, 0.1) is 0 Å². The molecule has 122 valence electrons. The molecule has 5 nitrogen and oxygen atoms in total. The lowest BCUT2D eigenvalue weighted by molar-refractivity contribution is -0.143. The molecule has 1 unspecified atom stereocenters. The summed E-state index contributed by atoms with van der Waals surface area (Å²) in [6.45, 7) is 11.7. The van der Waals surface area contributed by atoms with E-state index in [1.165, 1.54) is 12.1 Å². The van der Waals surface area contributed by atoms with E-state index in [-0.39, 0.29) is 17.8 Å². The zero-order valence-electron chi connectivity index (χ0n) is 13.5. The Morgan fingerprint density at radius 2 is 1.52 bits per heavy atom. The number of hydrogen-bond acceptors (Lipinski definition) is 5. The second-order valence-electron chi connectivity index (χ2n) is 5.32. The summed E-state index contributed by atoms with van der Waals surface area (Å²) < 4.78 is 10.1. The number of esters is 2. The third kappa shape index (κ3) is 5.90. The Morgan fingerprint density at radius 3 is 2.00 bits per heavy atom. The minimum atomic E-state index is -0.549. The molecule has 0 spiro atoms. The first kappa shape index (κ1) is 18.4. The average molecular weight is 316 g/mol. The first-order valence-corrected chi connectivity index (χ1v) is 7.08. The summed E-state index contributed by atoms with van der Waals surface area (Å²) in [6.07, 6.45) is -0.489. The van der Waals surface area contributed by atoms with Gasteiger partial charge < -0.3 is 9.47 Å². The molecule has 0 aliphatic rings. The monoisotopic (exact) mass is 316 g/mol. The van der Waals surface area contributed by atoms with Crippen molar-refractivity contribution >= 4 is 17.7 Å². The number of Topliss-reactive ketones (excluding diaryl/α,β-unsaturated/α-hetero) is 1. The Morgan fingerprint density at radius 1 is 1.00 bits per heavy atom. The zero-order valence-corrected chi connectivity index (χ0v) is 13.5. The smallest absolute Gasteiger partial charge is 0.338 e. The summed E-state index contributed by atoms with van der Waals surface area (Å²) in [6, 6.07) is 6.16. The number of carbonyl (C=O) groups is 3. The number of rotatable bonds is 7. The van der Waals surface area contributed by atoms with E-state index in [2.05, 4.69) is 13.2 Å². The van der Waals surface area contributed by atoms with Crippen LogP contribution in [0.3, 0.4) is 0 Å². The third-order valence-corrected chi connectivity index (χ3v) is 2.86. The molecule has 0 N–H and O–H groups in total. The highest BCUT2D eigenvalue weighted by Gasteiger charge is 2.16. The SMILES string of the molecule is C=C(C)C(=O)Oc1ccc(C(=O)CC(C)OC(=O)C(=C)C)cc1. The molecule has 1 aromatic carbocycles. The van der Waals surface area contributed by atoms with E-state index in [9.17, 15) is 14.4 Å². The van der Waals surface area contributed by atoms with Crippen molar-refractivity contribution in [2.24, 2.45) is 0 Å². The zero-order chi connectivity index (χ0) is 17.6. The Kier molecular flexibility index (Phi) is 6.45. The Bertz CT molecular complexity index is 640. The highest BCUT2D eigenvalue weighted by molar-refractivity contribution is 5.97. The molecule has 0 fully saturated rings. The summed E-state index contributed by atoms with van der Waals surface area (Å²) in [5.41, 5.74) is 1.02. The van der Waals surface area contributed by atoms with Crippen LogP contribution in [0.25, 0.3) is 0 Å². The van der Waals surface area contributed by atoms with E-state index in [0.29, 0.717) is 16.9 Å². The second kappa shape index (κ2) is 8.08. The van der Waals surface area contributed by atoms with Crippen molar-refractivity contribution in [1.29, 1.82) is 0 Å². The molecule has 5 heteroatoms. The molecular formula is C18H20O5. The molecule has 0 saturated carbocycles. The number of ketones is 1. The van der Waals surface area contributed by atoms with Gasteiger partial charge in [-0.15, -0.1) is 0 Å². The topological polar surface area (TPSA) is 69.7 Å². The quantitative estimate of drug-likeness (QED) is 0.334. The van der Waals surface area contributed by atoms with Crippen molar-refractivity contribution in [2.45, 2.75) is 33.3 Å². The van der Waals surface area contributed by atoms with E-state index < -0.39 is 18.0 Å². The van der Waals surface area contributed by atoms with Crippen molar-refractivity contribution < 1.29 is 23.9 Å². The molecule has 0 saturated heterocycles. The van der Waals surface area contributed by atoms with Gasteiger partial charge >= 0.3 is 11.9 Å². The minimum Gasteiger partial charge on any atom is -0.459 e. The molecule has 0 radical (unpaired) electrons. The van der Waals surface area contributed by atoms with Crippen LogP contribution in [0.2, 0.25) is 0 Å². The molecule has 0 amide bonds. The van der Waals surface area contributed by atoms with E-state index in [1.807, 2.05) is 0 Å². The van der Waals surface area contributed by atoms with Gasteiger partial charge in [0.15, 0.2) is 5.78 Å². The molecule has 23 heavy (non-hydrogen) atoms. The molecule has 0 aliphatic heterocycles. The lowest BCUT2D eigenvalue weighted by Gasteiger charge is -2.12. The van der Waals surface area contributed by atoms with Gasteiger partial charge in [0.25, 0.3) is 0 Å². The Balaban J connectivity index is 2.63. The molecular weight excluding hydrogens is 296 g/mol. The molecule has 0 bridgehead atoms. The first-order valence-electron chi connectivity index (χ1n) is 7.08. The predicted molar refractivity (Wildman–Crippen MR) is 86.2 cm³/mol. The molecule has 1 rings (SSSR count). The number of hydrogen-bond donors (Lipinski definition) is 0. The predicted octanol–water partition coefficient (Wildman–Crippen LogP) is 3.25. The summed E-state index contributed by atoms with van der Waals surface area (Å²) in [7, 11) is 0. The maximum atomic E-state index is 12.1. The summed E-state index contributed by atoms with van der Waals surface area (Å²) in [5.74, 6) is -0.891. The minimum absolute atomic E-state index is 0.0594. The summed E-state index contributed by atoms with van der Waals surface area (Å²) in [4.78, 5) is 34.9. The van der Waals surface area contributed by atoms with Gasteiger partial charge in [-0.3, -0.25) is 4.79 Å². The maximum absolute atomic E-state index is 12.1. The molecule has 0 aromatic heterocycles. The van der Waals surface area contributed by atoms with Gasteiger partial charge in [-0.1, -0.05) is 13.2 Å². The Labute approximate surface area is 135 Å². The normalized spacial score (nSPS) is 11.3. The van der Waals surface area contributed by atoms with Crippen LogP contribution in [0.1, 0.15) is 37.6 Å². The van der Waals surface area contributed by atoms with Crippen LogP contribution in [-0.4, -0.2) is 23.8 Å². The number of carbonyl (C=O) groups excluding carboxylic acids is 3. The van der Waals surface area contributed by atoms with Crippen molar-refractivity contribution in [3.63, 3.8) is 0 Å². The molecule has 0 heterocycles. The van der Waals surface area contributed by atoms with Crippen molar-refractivity contribution in [3.05, 3.63) is 54.1 Å². The molecule has 0 aliphatic carbocycles. The highest BCUT2D eigenvalue weighted by atomic mass is 16.5. The Hall–Kier alpha value is -2.69. The number of ether oxygens (including phenoxy) is 2. The van der Waals surface area contributed by atoms with E-state index in [0.717, 1.165) is 0 Å². The maximum Gasteiger partial charge on any atom is 0.338 e. The van der Waals surface area contributed by atoms with Crippen LogP contribution in [0.5, 0.6) is 5.75 Å². The van der Waals surface area contributed by atoms with Crippen LogP contribution in [0.4, 0.5) is 0 Å². The van der Waals surface area contributed by atoms with E-state index in [4.69, 9.17) is 9.47 Å². The van der Waals surface area contributed by atoms with E-state index in [1.54, 1.807) is 32.9 Å². The fourth-order valence-electron chi connectivity index (χ4n) is 1.61. The average Bonchev–Trinajstić information content (AvgIpc) is 2.47. The summed E-state index contributed by atoms with van der Waals surface area (Å²) in [5, 5.41) is 0. The van der Waals surface area contributed by atoms with Crippen molar-refractivity contribution in [2.75, 3.05) is 0 Å². The molecule has 1 atom stereocenters. The lowest BCUT2D eigenvalue weighted by atomic mass is 10.1. The van der Waals surface area contributed by atoms with Gasteiger partial charge in [0, 0.05) is 23.1 Å². The fraction of sp³-hybridized carbons (Fsp3) is 0.278. The van der Waals surface area contributed by atoms with Crippen LogP contribution in [-0.2, 0) is 14.3 Å². The van der Waals surface area contributed by atoms with Crippen molar-refractivity contribution in [1.82, 2.24) is 0 Å². The largest absolute Gasteiger partial charge is 0.459 e. The van der Waals surface area contributed by atoms with Crippen LogP contribution in [0, 0.1) is 0 Å². The van der Waals surface area contributed by atoms with Crippen LogP contribution < -0.4 is 4.74 Å². The summed E-state index contributed by atoms with van der Waals surface area (Å²) >= 11 is 0. The fourth-order valence-corrected chi connectivity index (χ4v) is 1.61. The highest BCUT2D eigenvalue weighted by Crippen LogP contribution is 2.16.